The smallest absolute Gasteiger partial charge is 0.250 e. The topological polar surface area (TPSA) is 50.2 Å². The lowest BCUT2D eigenvalue weighted by Gasteiger charge is -2.40. The molecule has 2 saturated heterocycles. The Morgan fingerprint density at radius 3 is 2.81 bits per heavy atom. The van der Waals surface area contributed by atoms with Crippen LogP contribution in [-0.4, -0.2) is 58.3 Å². The fourth-order valence-electron chi connectivity index (χ4n) is 3.22. The molecule has 1 atom stereocenters. The molecule has 118 valence electrons. The lowest BCUT2D eigenvalue weighted by molar-refractivity contribution is -0.143. The highest BCUT2D eigenvalue weighted by Gasteiger charge is 2.45. The highest BCUT2D eigenvalue weighted by atomic mass is 35.5. The third-order valence-corrected chi connectivity index (χ3v) is 5.69. The van der Waals surface area contributed by atoms with Gasteiger partial charge in [-0.05, 0) is 44.2 Å². The molecule has 1 aromatic rings. The molecular weight excluding hydrogens is 308 g/mol. The Kier molecular flexibility index (Phi) is 5.57. The van der Waals surface area contributed by atoms with Crippen LogP contribution in [0.25, 0.3) is 0 Å². The summed E-state index contributed by atoms with van der Waals surface area (Å²) in [5.41, 5.74) is -0.489. The summed E-state index contributed by atoms with van der Waals surface area (Å²) < 4.78 is 1.88. The molecule has 5 nitrogen and oxygen atoms in total. The van der Waals surface area contributed by atoms with Gasteiger partial charge in [-0.3, -0.25) is 9.48 Å². The summed E-state index contributed by atoms with van der Waals surface area (Å²) in [5, 5.41) is 7.73. The predicted octanol–water partition coefficient (Wildman–Crippen LogP) is 1.35. The molecule has 2 aliphatic rings. The largest absolute Gasteiger partial charge is 0.340 e. The summed E-state index contributed by atoms with van der Waals surface area (Å²) in [4.78, 5) is 15.1. The fourth-order valence-corrected chi connectivity index (χ4v) is 4.49. The van der Waals surface area contributed by atoms with Gasteiger partial charge in [-0.1, -0.05) is 0 Å². The van der Waals surface area contributed by atoms with Crippen LogP contribution in [-0.2, 0) is 10.3 Å². The average molecular weight is 331 g/mol. The zero-order valence-electron chi connectivity index (χ0n) is 12.3. The molecule has 3 rings (SSSR count). The van der Waals surface area contributed by atoms with Crippen LogP contribution >= 0.6 is 24.2 Å². The maximum Gasteiger partial charge on any atom is 0.250 e. The number of rotatable bonds is 3. The van der Waals surface area contributed by atoms with Crippen LogP contribution in [0.5, 0.6) is 0 Å². The van der Waals surface area contributed by atoms with Gasteiger partial charge in [0.2, 0.25) is 0 Å². The molecule has 3 heterocycles. The second-order valence-electron chi connectivity index (χ2n) is 5.67. The van der Waals surface area contributed by atoms with Crippen LogP contribution in [0.1, 0.15) is 19.3 Å². The number of halogens is 1. The molecule has 0 spiro atoms. The van der Waals surface area contributed by atoms with Gasteiger partial charge in [0, 0.05) is 31.2 Å². The maximum atomic E-state index is 13.1. The van der Waals surface area contributed by atoms with Crippen LogP contribution in [0.3, 0.4) is 0 Å². The van der Waals surface area contributed by atoms with E-state index < -0.39 is 5.54 Å². The molecule has 2 aliphatic heterocycles. The summed E-state index contributed by atoms with van der Waals surface area (Å²) in [7, 11) is 1.96. The number of nitrogens with one attached hydrogen (secondary N) is 1. The van der Waals surface area contributed by atoms with Crippen molar-refractivity contribution in [3.8, 4) is 0 Å². The third-order valence-electron chi connectivity index (χ3n) is 4.55. The first-order chi connectivity index (χ1) is 9.74. The Morgan fingerprint density at radius 1 is 1.48 bits per heavy atom. The van der Waals surface area contributed by atoms with Crippen LogP contribution < -0.4 is 5.32 Å². The fraction of sp³-hybridized carbons (Fsp3) is 0.714. The van der Waals surface area contributed by atoms with Crippen LogP contribution in [0.2, 0.25) is 0 Å². The van der Waals surface area contributed by atoms with Gasteiger partial charge >= 0.3 is 0 Å². The normalized spacial score (nSPS) is 24.3. The molecule has 0 saturated carbocycles. The second-order valence-corrected chi connectivity index (χ2v) is 6.82. The van der Waals surface area contributed by atoms with Gasteiger partial charge in [0.1, 0.15) is 5.54 Å². The first-order valence-corrected chi connectivity index (χ1v) is 8.45. The van der Waals surface area contributed by atoms with E-state index in [-0.39, 0.29) is 18.3 Å². The molecular formula is C14H23ClN4OS. The Morgan fingerprint density at radius 2 is 2.24 bits per heavy atom. The summed E-state index contributed by atoms with van der Waals surface area (Å²) in [6.45, 7) is 1.75. The van der Waals surface area contributed by atoms with Crippen LogP contribution in [0.4, 0.5) is 0 Å². The first kappa shape index (κ1) is 16.6. The van der Waals surface area contributed by atoms with Gasteiger partial charge < -0.3 is 10.2 Å². The highest BCUT2D eigenvalue weighted by molar-refractivity contribution is 7.99. The van der Waals surface area contributed by atoms with Crippen LogP contribution in [0.15, 0.2) is 18.5 Å². The van der Waals surface area contributed by atoms with E-state index in [0.29, 0.717) is 6.04 Å². The number of amides is 1. The Balaban J connectivity index is 0.00000161. The minimum Gasteiger partial charge on any atom is -0.340 e. The van der Waals surface area contributed by atoms with E-state index in [4.69, 9.17) is 0 Å². The van der Waals surface area contributed by atoms with Gasteiger partial charge in [-0.25, -0.2) is 0 Å². The van der Waals surface area contributed by atoms with Gasteiger partial charge in [-0.15, -0.1) is 12.4 Å². The molecule has 1 N–H and O–H groups in total. The Hall–Kier alpha value is -0.720. The molecule has 1 unspecified atom stereocenters. The van der Waals surface area contributed by atoms with Crippen molar-refractivity contribution in [3.63, 3.8) is 0 Å². The van der Waals surface area contributed by atoms with E-state index in [9.17, 15) is 4.79 Å². The SMILES string of the molecule is CN(C(=O)C1(n2cccn2)CCNCC1)C1CCSC1.Cl. The van der Waals surface area contributed by atoms with E-state index in [1.165, 1.54) is 5.75 Å². The second kappa shape index (κ2) is 7.03. The summed E-state index contributed by atoms with van der Waals surface area (Å²) >= 11 is 1.94. The lowest BCUT2D eigenvalue weighted by Crippen LogP contribution is -2.56. The number of hydrogen-bond acceptors (Lipinski definition) is 4. The molecule has 2 fully saturated rings. The van der Waals surface area contributed by atoms with Crippen molar-refractivity contribution < 1.29 is 4.79 Å². The number of nitrogens with zero attached hydrogens (tertiary/aromatic N) is 3. The number of piperidine rings is 1. The number of carbonyl (C=O) groups is 1. The lowest BCUT2D eigenvalue weighted by atomic mass is 9.86. The van der Waals surface area contributed by atoms with E-state index in [2.05, 4.69) is 10.4 Å². The Bertz CT molecular complexity index is 456. The zero-order chi connectivity index (χ0) is 14.0. The predicted molar refractivity (Wildman–Crippen MR) is 88.1 cm³/mol. The van der Waals surface area contributed by atoms with Gasteiger partial charge in [-0.2, -0.15) is 16.9 Å². The molecule has 21 heavy (non-hydrogen) atoms. The van der Waals surface area contributed by atoms with Crippen molar-refractivity contribution in [3.05, 3.63) is 18.5 Å². The van der Waals surface area contributed by atoms with E-state index >= 15 is 0 Å². The summed E-state index contributed by atoms with van der Waals surface area (Å²) in [6.07, 6.45) is 6.44. The van der Waals surface area contributed by atoms with Gasteiger partial charge in [0.15, 0.2) is 0 Å². The number of carbonyl (C=O) groups excluding carboxylic acids is 1. The maximum absolute atomic E-state index is 13.1. The standard InChI is InChI=1S/C14H22N4OS.ClH/c1-17(12-3-10-20-11-12)13(19)14(4-7-15-8-5-14)18-9-2-6-16-18;/h2,6,9,12,15H,3-5,7-8,10-11H2,1H3;1H. The minimum absolute atomic E-state index is 0. The first-order valence-electron chi connectivity index (χ1n) is 7.30. The molecule has 1 amide bonds. The highest BCUT2D eigenvalue weighted by Crippen LogP contribution is 2.31. The zero-order valence-corrected chi connectivity index (χ0v) is 14.0. The number of hydrogen-bond donors (Lipinski definition) is 1. The quantitative estimate of drug-likeness (QED) is 0.909. The number of likely N-dealkylation sites (N-methyl/N-ethyl adjacent to an activating group) is 1. The van der Waals surface area contributed by atoms with Crippen molar-refractivity contribution in [2.45, 2.75) is 30.8 Å². The monoisotopic (exact) mass is 330 g/mol. The van der Waals surface area contributed by atoms with Crippen molar-refractivity contribution in [1.82, 2.24) is 20.0 Å². The van der Waals surface area contributed by atoms with Crippen molar-refractivity contribution >= 4 is 30.1 Å². The molecule has 1 aromatic heterocycles. The average Bonchev–Trinajstić information content (AvgIpc) is 3.19. The third kappa shape index (κ3) is 3.07. The Labute approximate surface area is 136 Å². The molecule has 0 aliphatic carbocycles. The summed E-state index contributed by atoms with van der Waals surface area (Å²) in [5.74, 6) is 2.46. The van der Waals surface area contributed by atoms with Gasteiger partial charge in [0.05, 0.1) is 0 Å². The van der Waals surface area contributed by atoms with Crippen molar-refractivity contribution in [2.24, 2.45) is 0 Å². The summed E-state index contributed by atoms with van der Waals surface area (Å²) in [6, 6.07) is 2.29. The van der Waals surface area contributed by atoms with E-state index in [1.54, 1.807) is 6.20 Å². The number of aromatic nitrogens is 2. The van der Waals surface area contributed by atoms with E-state index in [1.807, 2.05) is 40.7 Å². The molecule has 7 heteroatoms. The van der Waals surface area contributed by atoms with Crippen molar-refractivity contribution in [1.29, 1.82) is 0 Å². The number of thioether (sulfide) groups is 1. The molecule has 0 radical (unpaired) electrons. The van der Waals surface area contributed by atoms with E-state index in [0.717, 1.165) is 38.1 Å². The van der Waals surface area contributed by atoms with Crippen molar-refractivity contribution in [2.75, 3.05) is 31.6 Å². The van der Waals surface area contributed by atoms with Gasteiger partial charge in [0.25, 0.3) is 5.91 Å². The van der Waals surface area contributed by atoms with Crippen LogP contribution in [0, 0.1) is 0 Å². The minimum atomic E-state index is -0.489. The molecule has 0 bridgehead atoms. The molecule has 0 aromatic carbocycles.